The summed E-state index contributed by atoms with van der Waals surface area (Å²) in [7, 11) is 2.82. The molecule has 1 aromatic carbocycles. The zero-order valence-electron chi connectivity index (χ0n) is 10.9. The van der Waals surface area contributed by atoms with E-state index in [0.29, 0.717) is 17.6 Å². The molecule has 104 valence electrons. The first-order chi connectivity index (χ1) is 8.96. The Balaban J connectivity index is 3.38. The first-order valence-electron chi connectivity index (χ1n) is 5.57. The maximum Gasteiger partial charge on any atom is 0.306 e. The van der Waals surface area contributed by atoms with Crippen LogP contribution in [0.25, 0.3) is 0 Å². The van der Waals surface area contributed by atoms with E-state index in [9.17, 15) is 9.59 Å². The number of benzene rings is 1. The monoisotopic (exact) mass is 286 g/mol. The minimum atomic E-state index is -0.934. The molecule has 6 heteroatoms. The fourth-order valence-corrected chi connectivity index (χ4v) is 2.04. The van der Waals surface area contributed by atoms with Gasteiger partial charge in [0, 0.05) is 10.6 Å². The average molecular weight is 287 g/mol. The summed E-state index contributed by atoms with van der Waals surface area (Å²) in [5, 5.41) is 9.24. The number of hydrogen-bond donors (Lipinski definition) is 1. The second-order valence-corrected chi connectivity index (χ2v) is 4.46. The lowest BCUT2D eigenvalue weighted by molar-refractivity contribution is -0.141. The van der Waals surface area contributed by atoms with Crippen molar-refractivity contribution in [2.75, 3.05) is 14.2 Å². The van der Waals surface area contributed by atoms with Crippen molar-refractivity contribution in [3.63, 3.8) is 0 Å². The minimum absolute atomic E-state index is 0.187. The Kier molecular flexibility index (Phi) is 5.18. The molecular weight excluding hydrogens is 272 g/mol. The average Bonchev–Trinajstić information content (AvgIpc) is 2.39. The molecule has 0 bridgehead atoms. The summed E-state index contributed by atoms with van der Waals surface area (Å²) in [4.78, 5) is 21.9. The van der Waals surface area contributed by atoms with Gasteiger partial charge in [0.05, 0.1) is 25.7 Å². The molecular formula is C13H15ClO5. The molecule has 1 unspecified atom stereocenters. The van der Waals surface area contributed by atoms with Gasteiger partial charge >= 0.3 is 5.97 Å². The Morgan fingerprint density at radius 3 is 2.42 bits per heavy atom. The first-order valence-corrected chi connectivity index (χ1v) is 5.95. The van der Waals surface area contributed by atoms with Crippen LogP contribution in [0.3, 0.4) is 0 Å². The Hall–Kier alpha value is -1.75. The molecule has 0 saturated heterocycles. The molecule has 1 N–H and O–H groups in total. The number of rotatable bonds is 6. The molecule has 5 nitrogen and oxygen atoms in total. The van der Waals surface area contributed by atoms with Crippen LogP contribution in [0, 0.1) is 5.92 Å². The van der Waals surface area contributed by atoms with E-state index in [4.69, 9.17) is 26.2 Å². The predicted octanol–water partition coefficient (Wildman–Crippen LogP) is 2.43. The smallest absolute Gasteiger partial charge is 0.306 e. The lowest BCUT2D eigenvalue weighted by Crippen LogP contribution is -2.13. The van der Waals surface area contributed by atoms with Crippen LogP contribution in [0.5, 0.6) is 11.5 Å². The van der Waals surface area contributed by atoms with E-state index in [2.05, 4.69) is 0 Å². The van der Waals surface area contributed by atoms with Gasteiger partial charge in [0.2, 0.25) is 0 Å². The number of hydrogen-bond acceptors (Lipinski definition) is 4. The van der Waals surface area contributed by atoms with Gasteiger partial charge < -0.3 is 14.6 Å². The number of methoxy groups -OCH3 is 2. The largest absolute Gasteiger partial charge is 0.492 e. The van der Waals surface area contributed by atoms with E-state index in [0.717, 1.165) is 0 Å². The van der Waals surface area contributed by atoms with Gasteiger partial charge in [0.1, 0.15) is 0 Å². The van der Waals surface area contributed by atoms with Crippen molar-refractivity contribution >= 4 is 23.9 Å². The summed E-state index contributed by atoms with van der Waals surface area (Å²) < 4.78 is 10.3. The number of aldehydes is 1. The molecule has 0 aliphatic carbocycles. The molecule has 0 amide bonds. The van der Waals surface area contributed by atoms with Crippen LogP contribution in [0.15, 0.2) is 6.07 Å². The molecule has 0 saturated carbocycles. The Bertz CT molecular complexity index is 498. The number of aliphatic carboxylic acids is 1. The van der Waals surface area contributed by atoms with Crippen LogP contribution in [-0.2, 0) is 11.2 Å². The van der Waals surface area contributed by atoms with Crippen LogP contribution in [0.2, 0.25) is 5.02 Å². The third-order valence-electron chi connectivity index (χ3n) is 2.78. The minimum Gasteiger partial charge on any atom is -0.492 e. The standard InChI is InChI=1S/C13H15ClO5/c1-7(13(16)17)4-9-10(14)5-8(6-15)11(18-2)12(9)19-3/h5-7H,4H2,1-3H3,(H,16,17). The topological polar surface area (TPSA) is 72.8 Å². The summed E-state index contributed by atoms with van der Waals surface area (Å²) in [6.07, 6.45) is 0.796. The van der Waals surface area contributed by atoms with Crippen molar-refractivity contribution < 1.29 is 24.2 Å². The molecule has 0 aromatic heterocycles. The van der Waals surface area contributed by atoms with Gasteiger partial charge in [-0.1, -0.05) is 18.5 Å². The normalized spacial score (nSPS) is 11.8. The molecule has 0 heterocycles. The van der Waals surface area contributed by atoms with E-state index < -0.39 is 11.9 Å². The highest BCUT2D eigenvalue weighted by Gasteiger charge is 2.22. The molecule has 0 aliphatic heterocycles. The van der Waals surface area contributed by atoms with Gasteiger partial charge in [-0.05, 0) is 12.5 Å². The van der Waals surface area contributed by atoms with E-state index in [-0.39, 0.29) is 22.8 Å². The zero-order valence-corrected chi connectivity index (χ0v) is 11.7. The van der Waals surface area contributed by atoms with Crippen molar-refractivity contribution in [1.82, 2.24) is 0 Å². The number of carbonyl (C=O) groups excluding carboxylic acids is 1. The van der Waals surface area contributed by atoms with E-state index >= 15 is 0 Å². The van der Waals surface area contributed by atoms with Crippen LogP contribution >= 0.6 is 11.6 Å². The summed E-state index contributed by atoms with van der Waals surface area (Å²) in [6.45, 7) is 1.57. The van der Waals surface area contributed by atoms with Gasteiger partial charge in [-0.25, -0.2) is 0 Å². The Labute approximate surface area is 116 Å². The highest BCUT2D eigenvalue weighted by Crippen LogP contribution is 2.39. The fourth-order valence-electron chi connectivity index (χ4n) is 1.76. The van der Waals surface area contributed by atoms with E-state index in [1.165, 1.54) is 20.3 Å². The number of halogens is 1. The fraction of sp³-hybridized carbons (Fsp3) is 0.385. The summed E-state index contributed by atoms with van der Waals surface area (Å²) in [6, 6.07) is 1.44. The number of carbonyl (C=O) groups is 2. The third kappa shape index (κ3) is 3.17. The lowest BCUT2D eigenvalue weighted by Gasteiger charge is -2.17. The quantitative estimate of drug-likeness (QED) is 0.813. The van der Waals surface area contributed by atoms with Crippen LogP contribution in [-0.4, -0.2) is 31.6 Å². The van der Waals surface area contributed by atoms with Crippen molar-refractivity contribution in [2.24, 2.45) is 5.92 Å². The molecule has 0 spiro atoms. The SMILES string of the molecule is COc1c(C=O)cc(Cl)c(CC(C)C(=O)O)c1OC. The molecule has 0 fully saturated rings. The number of ether oxygens (including phenoxy) is 2. The van der Waals surface area contributed by atoms with Crippen molar-refractivity contribution in [3.8, 4) is 11.5 Å². The van der Waals surface area contributed by atoms with Crippen molar-refractivity contribution in [2.45, 2.75) is 13.3 Å². The maximum absolute atomic E-state index is 11.0. The highest BCUT2D eigenvalue weighted by atomic mass is 35.5. The van der Waals surface area contributed by atoms with Crippen LogP contribution in [0.1, 0.15) is 22.8 Å². The van der Waals surface area contributed by atoms with Crippen LogP contribution < -0.4 is 9.47 Å². The number of carboxylic acids is 1. The molecule has 0 radical (unpaired) electrons. The summed E-state index contributed by atoms with van der Waals surface area (Å²) in [5.41, 5.74) is 0.776. The third-order valence-corrected chi connectivity index (χ3v) is 3.12. The Morgan fingerprint density at radius 2 is 2.00 bits per heavy atom. The molecule has 0 aliphatic rings. The van der Waals surface area contributed by atoms with Gasteiger partial charge in [0.25, 0.3) is 0 Å². The summed E-state index contributed by atoms with van der Waals surface area (Å²) in [5.74, 6) is -1.01. The first kappa shape index (κ1) is 15.3. The van der Waals surface area contributed by atoms with Gasteiger partial charge in [0.15, 0.2) is 17.8 Å². The van der Waals surface area contributed by atoms with E-state index in [1.807, 2.05) is 0 Å². The highest BCUT2D eigenvalue weighted by molar-refractivity contribution is 6.32. The second-order valence-electron chi connectivity index (χ2n) is 4.05. The predicted molar refractivity (Wildman–Crippen MR) is 70.4 cm³/mol. The van der Waals surface area contributed by atoms with Gasteiger partial charge in [-0.15, -0.1) is 0 Å². The van der Waals surface area contributed by atoms with Gasteiger partial charge in [-0.2, -0.15) is 0 Å². The number of carboxylic acid groups (broad SMARTS) is 1. The summed E-state index contributed by atoms with van der Waals surface area (Å²) >= 11 is 6.08. The molecule has 19 heavy (non-hydrogen) atoms. The van der Waals surface area contributed by atoms with E-state index in [1.54, 1.807) is 6.92 Å². The van der Waals surface area contributed by atoms with Crippen LogP contribution in [0.4, 0.5) is 0 Å². The van der Waals surface area contributed by atoms with Crippen molar-refractivity contribution in [3.05, 3.63) is 22.2 Å². The maximum atomic E-state index is 11.0. The van der Waals surface area contributed by atoms with Crippen molar-refractivity contribution in [1.29, 1.82) is 0 Å². The molecule has 1 atom stereocenters. The van der Waals surface area contributed by atoms with Gasteiger partial charge in [-0.3, -0.25) is 9.59 Å². The zero-order chi connectivity index (χ0) is 14.6. The Morgan fingerprint density at radius 1 is 1.42 bits per heavy atom. The second kappa shape index (κ2) is 6.43. The molecule has 1 aromatic rings. The molecule has 1 rings (SSSR count). The lowest BCUT2D eigenvalue weighted by atomic mass is 9.98.